The SMILES string of the molecule is COc1ccc(S(=O)(=O)N(CCO)CCO[C@@H]2C[C@H](c3cccc4c3Cc3ccccc3-4)C=C(C(=O)Nc3ccc(N4C(=O)c5ccc(Cl)cc5C4=O)c(C)c3)O2)cc1. The fourth-order valence-corrected chi connectivity index (χ4v) is 9.51. The van der Waals surface area contributed by atoms with E-state index in [1.807, 2.05) is 24.3 Å². The standard InChI is InChI=1S/C45H40ClN3O9S/c1-27-22-31(11-17-40(27)49-44(52)37-16-10-30(46)26-39(37)45(49)53)47-43(51)41-24-29(35-8-5-9-36-34-7-4-3-6-28(34)23-38(35)36)25-42(58-41)57-21-19-48(18-20-50)59(54,55)33-14-12-32(56-2)13-15-33/h3-17,22,24,26,29,42,50H,18-21,23,25H2,1-2H3,(H,47,51)/t29-,42+/m1/s1. The molecule has 5 aromatic rings. The van der Waals surface area contributed by atoms with Crippen molar-refractivity contribution < 1.29 is 42.1 Å². The number of imide groups is 1. The van der Waals surface area contributed by atoms with Crippen molar-refractivity contribution >= 4 is 50.7 Å². The molecule has 0 saturated carbocycles. The van der Waals surface area contributed by atoms with E-state index in [-0.39, 0.29) is 47.4 Å². The topological polar surface area (TPSA) is 152 Å². The number of hydrogen-bond acceptors (Lipinski definition) is 9. The maximum Gasteiger partial charge on any atom is 0.290 e. The Morgan fingerprint density at radius 2 is 1.68 bits per heavy atom. The van der Waals surface area contributed by atoms with Crippen LogP contribution in [-0.2, 0) is 30.7 Å². The number of nitrogens with zero attached hydrogens (tertiary/aromatic N) is 2. The fourth-order valence-electron chi connectivity index (χ4n) is 7.92. The molecule has 2 aliphatic heterocycles. The number of allylic oxidation sites excluding steroid dienone is 1. The Morgan fingerprint density at radius 1 is 0.915 bits per heavy atom. The highest BCUT2D eigenvalue weighted by Crippen LogP contribution is 2.43. The van der Waals surface area contributed by atoms with Crippen molar-refractivity contribution in [3.63, 3.8) is 0 Å². The molecule has 12 nitrogen and oxygen atoms in total. The van der Waals surface area contributed by atoms with Crippen molar-refractivity contribution in [3.8, 4) is 16.9 Å². The van der Waals surface area contributed by atoms with E-state index in [9.17, 15) is 27.9 Å². The number of aryl methyl sites for hydroxylation is 1. The molecular formula is C45H40ClN3O9S. The Balaban J connectivity index is 1.03. The lowest BCUT2D eigenvalue weighted by atomic mass is 9.87. The molecule has 2 atom stereocenters. The molecule has 2 heterocycles. The molecule has 302 valence electrons. The number of aliphatic hydroxyl groups is 1. The molecule has 0 unspecified atom stereocenters. The molecule has 1 aliphatic carbocycles. The number of aliphatic hydroxyl groups excluding tert-OH is 1. The van der Waals surface area contributed by atoms with Crippen molar-refractivity contribution in [1.29, 1.82) is 0 Å². The summed E-state index contributed by atoms with van der Waals surface area (Å²) < 4.78 is 45.8. The van der Waals surface area contributed by atoms with Crippen LogP contribution in [0.2, 0.25) is 5.02 Å². The number of nitrogens with one attached hydrogen (secondary N) is 1. The number of methoxy groups -OCH3 is 1. The molecule has 14 heteroatoms. The van der Waals surface area contributed by atoms with Gasteiger partial charge in [-0.1, -0.05) is 54.1 Å². The van der Waals surface area contributed by atoms with E-state index in [2.05, 4.69) is 23.5 Å². The van der Waals surface area contributed by atoms with Gasteiger partial charge in [0, 0.05) is 36.1 Å². The summed E-state index contributed by atoms with van der Waals surface area (Å²) in [5, 5.41) is 13.0. The molecule has 5 aromatic carbocycles. The number of benzene rings is 5. The zero-order chi connectivity index (χ0) is 41.4. The number of carbonyl (C=O) groups excluding carboxylic acids is 3. The summed E-state index contributed by atoms with van der Waals surface area (Å²) in [7, 11) is -2.51. The van der Waals surface area contributed by atoms with Crippen LogP contribution in [0, 0.1) is 6.92 Å². The van der Waals surface area contributed by atoms with Crippen LogP contribution in [0.4, 0.5) is 11.4 Å². The first-order valence-corrected chi connectivity index (χ1v) is 20.8. The second-order valence-corrected chi connectivity index (χ2v) is 16.8. The highest BCUT2D eigenvalue weighted by molar-refractivity contribution is 7.89. The van der Waals surface area contributed by atoms with Crippen molar-refractivity contribution in [2.24, 2.45) is 0 Å². The molecule has 2 N–H and O–H groups in total. The number of halogens is 1. The molecule has 3 amide bonds. The van der Waals surface area contributed by atoms with Gasteiger partial charge < -0.3 is 24.6 Å². The Hall–Kier alpha value is -5.83. The number of rotatable bonds is 13. The fraction of sp³-hybridized carbons (Fsp3) is 0.222. The van der Waals surface area contributed by atoms with E-state index < -0.39 is 40.6 Å². The van der Waals surface area contributed by atoms with Gasteiger partial charge in [-0.3, -0.25) is 14.4 Å². The predicted molar refractivity (Wildman–Crippen MR) is 222 cm³/mol. The molecule has 0 aromatic heterocycles. The minimum absolute atomic E-state index is 0.0105. The van der Waals surface area contributed by atoms with E-state index in [0.717, 1.165) is 37.9 Å². The third-order valence-corrected chi connectivity index (χ3v) is 13.0. The molecule has 3 aliphatic rings. The van der Waals surface area contributed by atoms with Gasteiger partial charge in [0.15, 0.2) is 5.76 Å². The summed E-state index contributed by atoms with van der Waals surface area (Å²) >= 11 is 6.11. The average molecular weight is 834 g/mol. The van der Waals surface area contributed by atoms with Gasteiger partial charge in [0.05, 0.1) is 42.0 Å². The molecule has 8 rings (SSSR count). The van der Waals surface area contributed by atoms with Crippen LogP contribution in [-0.4, -0.2) is 75.3 Å². The minimum Gasteiger partial charge on any atom is -0.497 e. The number of fused-ring (bicyclic) bond motifs is 4. The van der Waals surface area contributed by atoms with Crippen LogP contribution in [0.15, 0.2) is 120 Å². The number of anilines is 2. The summed E-state index contributed by atoms with van der Waals surface area (Å²) in [5.74, 6) is -1.29. The summed E-state index contributed by atoms with van der Waals surface area (Å²) in [6.07, 6.45) is 1.92. The first kappa shape index (κ1) is 40.0. The molecule has 59 heavy (non-hydrogen) atoms. The first-order chi connectivity index (χ1) is 28.5. The zero-order valence-electron chi connectivity index (χ0n) is 32.2. The number of hydrogen-bond donors (Lipinski definition) is 2. The van der Waals surface area contributed by atoms with Gasteiger partial charge in [-0.15, -0.1) is 0 Å². The van der Waals surface area contributed by atoms with E-state index in [0.29, 0.717) is 34.1 Å². The number of carbonyl (C=O) groups is 3. The summed E-state index contributed by atoms with van der Waals surface area (Å²) in [4.78, 5) is 41.7. The van der Waals surface area contributed by atoms with Crippen molar-refractivity contribution in [1.82, 2.24) is 4.31 Å². The molecular weight excluding hydrogens is 794 g/mol. The van der Waals surface area contributed by atoms with Crippen molar-refractivity contribution in [3.05, 3.63) is 153 Å². The maximum absolute atomic E-state index is 14.0. The number of sulfonamides is 1. The Kier molecular flexibility index (Phi) is 11.1. The lowest BCUT2D eigenvalue weighted by molar-refractivity contribution is -0.143. The summed E-state index contributed by atoms with van der Waals surface area (Å²) in [5.41, 5.74) is 7.49. The second kappa shape index (κ2) is 16.4. The van der Waals surface area contributed by atoms with Gasteiger partial charge in [-0.2, -0.15) is 4.31 Å². The predicted octanol–water partition coefficient (Wildman–Crippen LogP) is 7.08. The third kappa shape index (κ3) is 7.75. The lowest BCUT2D eigenvalue weighted by Crippen LogP contribution is -2.38. The smallest absolute Gasteiger partial charge is 0.290 e. The first-order valence-electron chi connectivity index (χ1n) is 19.0. The van der Waals surface area contributed by atoms with Crippen molar-refractivity contribution in [2.75, 3.05) is 43.6 Å². The summed E-state index contributed by atoms with van der Waals surface area (Å²) in [6, 6.07) is 29.8. The van der Waals surface area contributed by atoms with Gasteiger partial charge in [-0.05, 0) is 113 Å². The monoisotopic (exact) mass is 833 g/mol. The van der Waals surface area contributed by atoms with E-state index in [1.165, 1.54) is 36.9 Å². The second-order valence-electron chi connectivity index (χ2n) is 14.4. The average Bonchev–Trinajstić information content (AvgIpc) is 3.73. The molecule has 0 saturated heterocycles. The Bertz CT molecular complexity index is 2630. The van der Waals surface area contributed by atoms with Crippen LogP contribution in [0.3, 0.4) is 0 Å². The molecule has 0 bridgehead atoms. The largest absolute Gasteiger partial charge is 0.497 e. The van der Waals surface area contributed by atoms with E-state index in [1.54, 1.807) is 49.4 Å². The Morgan fingerprint density at radius 3 is 2.44 bits per heavy atom. The zero-order valence-corrected chi connectivity index (χ0v) is 33.8. The van der Waals surface area contributed by atoms with Gasteiger partial charge in [0.2, 0.25) is 16.3 Å². The van der Waals surface area contributed by atoms with Crippen LogP contribution in [0.5, 0.6) is 5.75 Å². The number of amides is 3. The van der Waals surface area contributed by atoms with Crippen LogP contribution < -0.4 is 15.0 Å². The number of ether oxygens (including phenoxy) is 3. The highest BCUT2D eigenvalue weighted by atomic mass is 35.5. The maximum atomic E-state index is 14.0. The lowest BCUT2D eigenvalue weighted by Gasteiger charge is -2.31. The van der Waals surface area contributed by atoms with Crippen molar-refractivity contribution in [2.45, 2.75) is 36.9 Å². The van der Waals surface area contributed by atoms with Crippen LogP contribution in [0.1, 0.15) is 55.3 Å². The van der Waals surface area contributed by atoms with Gasteiger partial charge in [-0.25, -0.2) is 13.3 Å². The van der Waals surface area contributed by atoms with Gasteiger partial charge >= 0.3 is 0 Å². The third-order valence-electron chi connectivity index (χ3n) is 10.8. The van der Waals surface area contributed by atoms with Crippen LogP contribution in [0.25, 0.3) is 11.1 Å². The van der Waals surface area contributed by atoms with Gasteiger partial charge in [0.25, 0.3) is 17.7 Å². The Labute approximate surface area is 346 Å². The van der Waals surface area contributed by atoms with Crippen LogP contribution >= 0.6 is 11.6 Å². The summed E-state index contributed by atoms with van der Waals surface area (Å²) in [6.45, 7) is 0.993. The molecule has 0 spiro atoms. The van der Waals surface area contributed by atoms with E-state index >= 15 is 0 Å². The normalized spacial score (nSPS) is 17.0. The minimum atomic E-state index is -3.99. The van der Waals surface area contributed by atoms with E-state index in [4.69, 9.17) is 25.8 Å². The quantitative estimate of drug-likeness (QED) is 0.116. The molecule has 0 fully saturated rings. The molecule has 0 radical (unpaired) electrons. The van der Waals surface area contributed by atoms with Gasteiger partial charge in [0.1, 0.15) is 5.75 Å². The highest BCUT2D eigenvalue weighted by Gasteiger charge is 2.38.